The summed E-state index contributed by atoms with van der Waals surface area (Å²) < 4.78 is 11.1. The van der Waals surface area contributed by atoms with E-state index in [1.54, 1.807) is 26.0 Å². The van der Waals surface area contributed by atoms with Gasteiger partial charge in [-0.2, -0.15) is 0 Å². The van der Waals surface area contributed by atoms with E-state index < -0.39 is 11.5 Å². The zero-order valence-corrected chi connectivity index (χ0v) is 16.6. The van der Waals surface area contributed by atoms with E-state index in [0.717, 1.165) is 41.3 Å². The van der Waals surface area contributed by atoms with Gasteiger partial charge in [0, 0.05) is 30.6 Å². The summed E-state index contributed by atoms with van der Waals surface area (Å²) in [4.78, 5) is 3.35. The molecule has 25 heavy (non-hydrogen) atoms. The Labute approximate surface area is 155 Å². The predicted octanol–water partition coefficient (Wildman–Crippen LogP) is 2.77. The normalized spacial score (nSPS) is 24.3. The van der Waals surface area contributed by atoms with Crippen LogP contribution in [0.15, 0.2) is 17.0 Å². The summed E-state index contributed by atoms with van der Waals surface area (Å²) in [6.07, 6.45) is 4.04. The van der Waals surface area contributed by atoms with Crippen molar-refractivity contribution in [2.24, 2.45) is 5.41 Å². The Morgan fingerprint density at radius 1 is 1.28 bits per heavy atom. The number of nitrogens with zero attached hydrogens (tertiary/aromatic N) is 1. The molecule has 0 amide bonds. The zero-order chi connectivity index (χ0) is 18.4. The average molecular weight is 370 g/mol. The monoisotopic (exact) mass is 369 g/mol. The number of piperidine rings is 1. The summed E-state index contributed by atoms with van der Waals surface area (Å²) in [6, 6.07) is 4.05. The van der Waals surface area contributed by atoms with Crippen molar-refractivity contribution < 1.29 is 19.7 Å². The highest BCUT2D eigenvalue weighted by molar-refractivity contribution is 7.98. The lowest BCUT2D eigenvalue weighted by atomic mass is 9.74. The third-order valence-corrected chi connectivity index (χ3v) is 5.97. The fourth-order valence-electron chi connectivity index (χ4n) is 3.81. The number of likely N-dealkylation sites (tertiary alicyclic amines) is 1. The van der Waals surface area contributed by atoms with Crippen molar-refractivity contribution in [1.82, 2.24) is 4.90 Å². The van der Waals surface area contributed by atoms with Crippen LogP contribution in [0.5, 0.6) is 11.5 Å². The average Bonchev–Trinajstić information content (AvgIpc) is 2.64. The number of aliphatic hydroxyl groups is 2. The molecule has 6 heteroatoms. The van der Waals surface area contributed by atoms with Gasteiger partial charge in [0.05, 0.1) is 31.8 Å². The maximum Gasteiger partial charge on any atom is 0.132 e. The molecule has 1 heterocycles. The highest BCUT2D eigenvalue weighted by Gasteiger charge is 2.41. The summed E-state index contributed by atoms with van der Waals surface area (Å²) in [5.41, 5.74) is 0.640. The van der Waals surface area contributed by atoms with E-state index in [1.165, 1.54) is 0 Å². The molecular weight excluding hydrogens is 338 g/mol. The molecule has 1 aromatic rings. The van der Waals surface area contributed by atoms with Gasteiger partial charge in [-0.25, -0.2) is 0 Å². The molecule has 0 bridgehead atoms. The lowest BCUT2D eigenvalue weighted by Gasteiger charge is -2.45. The van der Waals surface area contributed by atoms with Crippen LogP contribution in [0.3, 0.4) is 0 Å². The second-order valence-electron chi connectivity index (χ2n) is 6.80. The Balaban J connectivity index is 2.23. The lowest BCUT2D eigenvalue weighted by Crippen LogP contribution is -2.53. The fourth-order valence-corrected chi connectivity index (χ4v) is 4.38. The zero-order valence-electron chi connectivity index (χ0n) is 15.7. The number of thioether (sulfide) groups is 1. The molecule has 0 aliphatic carbocycles. The molecule has 0 aromatic heterocycles. The van der Waals surface area contributed by atoms with Crippen LogP contribution in [0.4, 0.5) is 0 Å². The molecule has 1 saturated heterocycles. The van der Waals surface area contributed by atoms with Crippen LogP contribution in [0.2, 0.25) is 0 Å². The van der Waals surface area contributed by atoms with Crippen molar-refractivity contribution in [3.05, 3.63) is 17.7 Å². The number of hydrogen-bond acceptors (Lipinski definition) is 6. The second-order valence-corrected chi connectivity index (χ2v) is 7.65. The number of aliphatic hydroxyl groups excluding tert-OH is 2. The molecule has 1 aromatic carbocycles. The molecular formula is C19H31NO4S. The first-order chi connectivity index (χ1) is 12.0. The Morgan fingerprint density at radius 3 is 2.56 bits per heavy atom. The van der Waals surface area contributed by atoms with Crippen molar-refractivity contribution in [3.63, 3.8) is 0 Å². The molecule has 0 saturated carbocycles. The molecule has 5 nitrogen and oxygen atoms in total. The maximum absolute atomic E-state index is 10.5. The molecule has 2 rings (SSSR count). The largest absolute Gasteiger partial charge is 0.496 e. The van der Waals surface area contributed by atoms with Crippen LogP contribution in [-0.2, 0) is 6.54 Å². The van der Waals surface area contributed by atoms with Crippen molar-refractivity contribution in [2.45, 2.75) is 43.7 Å². The van der Waals surface area contributed by atoms with Gasteiger partial charge in [-0.05, 0) is 31.2 Å². The van der Waals surface area contributed by atoms with E-state index in [9.17, 15) is 10.2 Å². The molecule has 2 atom stereocenters. The quantitative estimate of drug-likeness (QED) is 0.687. The van der Waals surface area contributed by atoms with E-state index in [2.05, 4.69) is 11.8 Å². The van der Waals surface area contributed by atoms with E-state index >= 15 is 0 Å². The number of rotatable bonds is 8. The Kier molecular flexibility index (Phi) is 7.43. The van der Waals surface area contributed by atoms with Crippen LogP contribution in [0.1, 0.15) is 31.7 Å². The first-order valence-electron chi connectivity index (χ1n) is 8.83. The first-order valence-corrected chi connectivity index (χ1v) is 10.1. The van der Waals surface area contributed by atoms with Crippen LogP contribution in [0, 0.1) is 5.41 Å². The molecule has 1 fully saturated rings. The van der Waals surface area contributed by atoms with Gasteiger partial charge in [-0.15, -0.1) is 11.8 Å². The van der Waals surface area contributed by atoms with Gasteiger partial charge in [0.1, 0.15) is 11.5 Å². The van der Waals surface area contributed by atoms with Crippen LogP contribution >= 0.6 is 11.8 Å². The molecule has 0 radical (unpaired) electrons. The van der Waals surface area contributed by atoms with Crippen molar-refractivity contribution >= 4 is 11.8 Å². The minimum Gasteiger partial charge on any atom is -0.496 e. The number of ether oxygens (including phenoxy) is 2. The third kappa shape index (κ3) is 4.42. The standard InChI is InChI=1S/C19H31NO4S/c1-5-7-19(13-21)12-20(8-6-18(19)22)11-14-9-16(24-3)17(25-4)10-15(14)23-2/h9-10,18,21-22H,5-8,11-13H2,1-4H3/t18-,19+/m1/s1. The van der Waals surface area contributed by atoms with E-state index in [4.69, 9.17) is 9.47 Å². The van der Waals surface area contributed by atoms with Gasteiger partial charge < -0.3 is 19.7 Å². The first kappa shape index (κ1) is 20.4. The predicted molar refractivity (Wildman–Crippen MR) is 102 cm³/mol. The third-order valence-electron chi connectivity index (χ3n) is 5.21. The summed E-state index contributed by atoms with van der Waals surface area (Å²) in [7, 11) is 3.37. The summed E-state index contributed by atoms with van der Waals surface area (Å²) in [6.45, 7) is 4.32. The van der Waals surface area contributed by atoms with Crippen LogP contribution in [-0.4, -0.2) is 61.4 Å². The SMILES string of the molecule is CCC[C@@]1(CO)CN(Cc2cc(OC)c(SC)cc2OC)CC[C@H]1O. The van der Waals surface area contributed by atoms with Crippen molar-refractivity contribution in [2.75, 3.05) is 40.2 Å². The van der Waals surface area contributed by atoms with Crippen LogP contribution in [0.25, 0.3) is 0 Å². The molecule has 142 valence electrons. The van der Waals surface area contributed by atoms with Gasteiger partial charge in [0.25, 0.3) is 0 Å². The Bertz CT molecular complexity index is 569. The minimum atomic E-state index is -0.441. The lowest BCUT2D eigenvalue weighted by molar-refractivity contribution is -0.0820. The topological polar surface area (TPSA) is 62.2 Å². The van der Waals surface area contributed by atoms with Crippen molar-refractivity contribution in [1.29, 1.82) is 0 Å². The smallest absolute Gasteiger partial charge is 0.132 e. The van der Waals surface area contributed by atoms with Gasteiger partial charge in [-0.1, -0.05) is 13.3 Å². The summed E-state index contributed by atoms with van der Waals surface area (Å²) in [5.74, 6) is 1.70. The Hall–Kier alpha value is -0.950. The van der Waals surface area contributed by atoms with Crippen molar-refractivity contribution in [3.8, 4) is 11.5 Å². The minimum absolute atomic E-state index is 0.0182. The molecule has 0 unspecified atom stereocenters. The van der Waals surface area contributed by atoms with E-state index in [-0.39, 0.29) is 6.61 Å². The van der Waals surface area contributed by atoms with Gasteiger partial charge in [0.15, 0.2) is 0 Å². The molecule has 0 spiro atoms. The Morgan fingerprint density at radius 2 is 2.00 bits per heavy atom. The molecule has 2 N–H and O–H groups in total. The van der Waals surface area contributed by atoms with Gasteiger partial charge in [0.2, 0.25) is 0 Å². The van der Waals surface area contributed by atoms with E-state index in [0.29, 0.717) is 19.5 Å². The van der Waals surface area contributed by atoms with Gasteiger partial charge >= 0.3 is 0 Å². The van der Waals surface area contributed by atoms with E-state index in [1.807, 2.05) is 18.4 Å². The highest BCUT2D eigenvalue weighted by atomic mass is 32.2. The number of hydrogen-bond donors (Lipinski definition) is 2. The molecule has 1 aliphatic rings. The number of benzene rings is 1. The maximum atomic E-state index is 10.5. The highest BCUT2D eigenvalue weighted by Crippen LogP contribution is 2.38. The summed E-state index contributed by atoms with van der Waals surface area (Å²) in [5, 5.41) is 20.4. The number of methoxy groups -OCH3 is 2. The molecule has 1 aliphatic heterocycles. The fraction of sp³-hybridized carbons (Fsp3) is 0.684. The van der Waals surface area contributed by atoms with Crippen LogP contribution < -0.4 is 9.47 Å². The second kappa shape index (κ2) is 9.12. The summed E-state index contributed by atoms with van der Waals surface area (Å²) >= 11 is 1.63. The van der Waals surface area contributed by atoms with Gasteiger partial charge in [-0.3, -0.25) is 4.90 Å².